The lowest BCUT2D eigenvalue weighted by Gasteiger charge is -2.46. The van der Waals surface area contributed by atoms with E-state index < -0.39 is 36.9 Å². The van der Waals surface area contributed by atoms with Crippen molar-refractivity contribution >= 4 is 16.7 Å². The number of aliphatic hydroxyl groups excluding tert-OH is 2. The molecule has 3 heterocycles. The number of hydrogen-bond donors (Lipinski definition) is 3. The number of anilines is 1. The van der Waals surface area contributed by atoms with Crippen LogP contribution in [0, 0.1) is 6.92 Å². The molecule has 3 aromatic carbocycles. The first-order chi connectivity index (χ1) is 18.0. The van der Waals surface area contributed by atoms with Crippen LogP contribution in [0.2, 0.25) is 0 Å². The van der Waals surface area contributed by atoms with Gasteiger partial charge < -0.3 is 34.3 Å². The second kappa shape index (κ2) is 9.89. The maximum absolute atomic E-state index is 10.9. The van der Waals surface area contributed by atoms with Crippen molar-refractivity contribution in [1.82, 2.24) is 9.55 Å². The number of fused-ring (bicyclic) bond motifs is 2. The predicted molar refractivity (Wildman–Crippen MR) is 140 cm³/mol. The molecule has 2 fully saturated rings. The minimum atomic E-state index is -1.18. The maximum atomic E-state index is 10.9. The zero-order valence-corrected chi connectivity index (χ0v) is 20.8. The number of benzene rings is 3. The first-order valence-electron chi connectivity index (χ1n) is 12.7. The zero-order valence-electron chi connectivity index (χ0n) is 20.8. The molecule has 192 valence electrons. The summed E-state index contributed by atoms with van der Waals surface area (Å²) in [7, 11) is 0. The second-order valence-electron chi connectivity index (χ2n) is 9.65. The van der Waals surface area contributed by atoms with E-state index in [1.54, 1.807) is 0 Å². The van der Waals surface area contributed by atoms with Gasteiger partial charge in [-0.05, 0) is 55.8 Å². The van der Waals surface area contributed by atoms with E-state index in [1.165, 1.54) is 5.56 Å². The summed E-state index contributed by atoms with van der Waals surface area (Å²) < 4.78 is 20.1. The molecule has 6 rings (SSSR count). The zero-order chi connectivity index (χ0) is 25.5. The largest absolute Gasteiger partial charge is 0.387 e. The van der Waals surface area contributed by atoms with Crippen molar-refractivity contribution in [3.8, 4) is 11.4 Å². The van der Waals surface area contributed by atoms with Crippen LogP contribution in [0.3, 0.4) is 0 Å². The minimum absolute atomic E-state index is 0.248. The van der Waals surface area contributed by atoms with Crippen molar-refractivity contribution in [1.29, 1.82) is 0 Å². The van der Waals surface area contributed by atoms with E-state index >= 15 is 0 Å². The topological polar surface area (TPSA) is 98.0 Å². The number of hydrogen-bond acceptors (Lipinski definition) is 7. The van der Waals surface area contributed by atoms with Gasteiger partial charge in [-0.2, -0.15) is 0 Å². The summed E-state index contributed by atoms with van der Waals surface area (Å²) in [5.74, 6) is 0.909. The molecule has 1 aromatic heterocycles. The van der Waals surface area contributed by atoms with Gasteiger partial charge in [0.1, 0.15) is 30.2 Å². The van der Waals surface area contributed by atoms with Crippen LogP contribution in [0.25, 0.3) is 22.4 Å². The van der Waals surface area contributed by atoms with Gasteiger partial charge in [-0.25, -0.2) is 4.98 Å². The van der Waals surface area contributed by atoms with E-state index in [0.717, 1.165) is 40.2 Å². The monoisotopic (exact) mass is 501 g/mol. The van der Waals surface area contributed by atoms with Crippen molar-refractivity contribution in [2.45, 2.75) is 57.3 Å². The number of ether oxygens (including phenoxy) is 3. The molecular weight excluding hydrogens is 470 g/mol. The Hall–Kier alpha value is -3.27. The van der Waals surface area contributed by atoms with Crippen molar-refractivity contribution in [2.75, 3.05) is 11.9 Å². The summed E-state index contributed by atoms with van der Waals surface area (Å²) in [6.07, 6.45) is -4.93. The van der Waals surface area contributed by atoms with Crippen molar-refractivity contribution < 1.29 is 24.4 Å². The van der Waals surface area contributed by atoms with Crippen LogP contribution in [0.15, 0.2) is 72.8 Å². The molecule has 2 aliphatic heterocycles. The van der Waals surface area contributed by atoms with Gasteiger partial charge in [0.15, 0.2) is 12.5 Å². The van der Waals surface area contributed by atoms with E-state index in [4.69, 9.17) is 19.2 Å². The van der Waals surface area contributed by atoms with E-state index in [2.05, 4.69) is 41.9 Å². The Balaban J connectivity index is 1.16. The van der Waals surface area contributed by atoms with Crippen LogP contribution >= 0.6 is 0 Å². The highest BCUT2D eigenvalue weighted by Crippen LogP contribution is 2.34. The molecule has 0 bridgehead atoms. The first kappa shape index (κ1) is 24.1. The Bertz CT molecular complexity index is 1370. The van der Waals surface area contributed by atoms with Crippen LogP contribution in [-0.2, 0) is 20.8 Å². The summed E-state index contributed by atoms with van der Waals surface area (Å²) in [5.41, 5.74) is 5.88. The molecule has 8 nitrogen and oxygen atoms in total. The number of aromatic nitrogens is 2. The normalized spacial score (nSPS) is 27.7. The van der Waals surface area contributed by atoms with Crippen molar-refractivity contribution in [3.05, 3.63) is 83.9 Å². The molecule has 0 spiro atoms. The molecule has 0 amide bonds. The first-order valence-corrected chi connectivity index (χ1v) is 12.7. The average molecular weight is 502 g/mol. The number of aryl methyl sites for hydroxylation is 2. The Morgan fingerprint density at radius 1 is 0.973 bits per heavy atom. The van der Waals surface area contributed by atoms with Gasteiger partial charge in [0.2, 0.25) is 0 Å². The van der Waals surface area contributed by atoms with Crippen molar-refractivity contribution in [3.63, 3.8) is 0 Å². The number of rotatable bonds is 5. The Morgan fingerprint density at radius 3 is 2.51 bits per heavy atom. The molecule has 1 unspecified atom stereocenters. The Labute approximate surface area is 215 Å². The molecule has 37 heavy (non-hydrogen) atoms. The van der Waals surface area contributed by atoms with Gasteiger partial charge in [0, 0.05) is 23.4 Å². The quantitative estimate of drug-likeness (QED) is 0.380. The van der Waals surface area contributed by atoms with E-state index in [-0.39, 0.29) is 6.61 Å². The second-order valence-corrected chi connectivity index (χ2v) is 9.65. The average Bonchev–Trinajstić information content (AvgIpc) is 3.30. The summed E-state index contributed by atoms with van der Waals surface area (Å²) in [4.78, 5) is 4.87. The van der Waals surface area contributed by atoms with Gasteiger partial charge in [-0.15, -0.1) is 0 Å². The summed E-state index contributed by atoms with van der Waals surface area (Å²) in [6.45, 7) is 5.24. The Kier molecular flexibility index (Phi) is 6.44. The highest BCUT2D eigenvalue weighted by molar-refractivity contribution is 5.81. The number of aliphatic hydroxyl groups is 2. The summed E-state index contributed by atoms with van der Waals surface area (Å²) in [5, 5.41) is 24.9. The predicted octanol–water partition coefficient (Wildman–Crippen LogP) is 4.00. The smallest absolute Gasteiger partial charge is 0.184 e. The third-order valence-corrected chi connectivity index (χ3v) is 7.12. The molecular formula is C29H31N3O5. The molecule has 3 N–H and O–H groups in total. The molecule has 6 atom stereocenters. The minimum Gasteiger partial charge on any atom is -0.387 e. The van der Waals surface area contributed by atoms with Gasteiger partial charge in [-0.3, -0.25) is 0 Å². The molecule has 2 aliphatic rings. The van der Waals surface area contributed by atoms with Crippen LogP contribution in [0.1, 0.15) is 24.3 Å². The van der Waals surface area contributed by atoms with Gasteiger partial charge in [0.05, 0.1) is 17.6 Å². The molecule has 0 aliphatic carbocycles. The third kappa shape index (κ3) is 4.52. The standard InChI is InChI=1S/C29H31N3O5/c1-3-32-22-14-9-17(2)15-21(22)31-27(32)18-10-12-20(13-11-18)30-28-25(34)24(33)26-23(36-28)16-35-29(37-26)19-7-5-4-6-8-19/h4-15,23-26,28-30,33-34H,3,16H2,1-2H3/t23-,24-,25-,26-,28-,29?/m1/s1. The third-order valence-electron chi connectivity index (χ3n) is 7.12. The highest BCUT2D eigenvalue weighted by Gasteiger charge is 2.48. The highest BCUT2D eigenvalue weighted by atomic mass is 16.7. The number of nitrogens with zero attached hydrogens (tertiary/aromatic N) is 2. The number of nitrogens with one attached hydrogen (secondary N) is 1. The molecule has 0 radical (unpaired) electrons. The summed E-state index contributed by atoms with van der Waals surface area (Å²) in [6, 6.07) is 23.7. The van der Waals surface area contributed by atoms with Gasteiger partial charge in [0.25, 0.3) is 0 Å². The lowest BCUT2D eigenvalue weighted by Crippen LogP contribution is -2.63. The maximum Gasteiger partial charge on any atom is 0.184 e. The fraction of sp³-hybridized carbons (Fsp3) is 0.345. The Morgan fingerprint density at radius 2 is 1.76 bits per heavy atom. The fourth-order valence-corrected chi connectivity index (χ4v) is 5.17. The SMILES string of the molecule is CCn1c(-c2ccc(N[C@@H]3O[C@@H]4COC(c5ccccc5)O[C@H]4[C@H](O)[C@H]3O)cc2)nc2cc(C)ccc21. The molecule has 0 saturated carbocycles. The number of imidazole rings is 1. The van der Waals surface area contributed by atoms with Crippen LogP contribution in [0.4, 0.5) is 5.69 Å². The lowest BCUT2D eigenvalue weighted by atomic mass is 9.97. The fourth-order valence-electron chi connectivity index (χ4n) is 5.17. The van der Waals surface area contributed by atoms with Gasteiger partial charge >= 0.3 is 0 Å². The van der Waals surface area contributed by atoms with E-state index in [1.807, 2.05) is 54.6 Å². The van der Waals surface area contributed by atoms with E-state index in [9.17, 15) is 10.2 Å². The van der Waals surface area contributed by atoms with Crippen LogP contribution in [-0.4, -0.2) is 57.0 Å². The van der Waals surface area contributed by atoms with Gasteiger partial charge in [-0.1, -0.05) is 36.4 Å². The molecule has 2 saturated heterocycles. The van der Waals surface area contributed by atoms with Crippen LogP contribution < -0.4 is 5.32 Å². The van der Waals surface area contributed by atoms with E-state index in [0.29, 0.717) is 0 Å². The summed E-state index contributed by atoms with van der Waals surface area (Å²) >= 11 is 0. The lowest BCUT2D eigenvalue weighted by molar-refractivity contribution is -0.325. The molecule has 4 aromatic rings. The molecule has 8 heteroatoms. The van der Waals surface area contributed by atoms with Crippen LogP contribution in [0.5, 0.6) is 0 Å². The van der Waals surface area contributed by atoms with Crippen molar-refractivity contribution in [2.24, 2.45) is 0 Å².